The van der Waals surface area contributed by atoms with Crippen LogP contribution in [0, 0.1) is 5.82 Å². The number of amides is 1. The molecule has 5 rings (SSSR count). The van der Waals surface area contributed by atoms with E-state index >= 15 is 0 Å². The predicted molar refractivity (Wildman–Crippen MR) is 132 cm³/mol. The fourth-order valence-corrected chi connectivity index (χ4v) is 5.95. The highest BCUT2D eigenvalue weighted by atomic mass is 32.2. The zero-order valence-corrected chi connectivity index (χ0v) is 19.9. The molecule has 0 aromatic heterocycles. The maximum atomic E-state index is 14.4. The monoisotopic (exact) mass is 495 g/mol. The standard InChI is InChI=1S/C26H26FN3O4S/c27-24-10-7-22(17-25(24)35(32,33)30-13-15-34-16-14-30)28-26(31)20-5-8-23(9-6-20)29-12-11-19-3-1-2-4-21(19)18-29/h1-10,17H,11-16,18H2,(H,28,31). The van der Waals surface area contributed by atoms with Gasteiger partial charge < -0.3 is 15.0 Å². The molecule has 0 atom stereocenters. The van der Waals surface area contributed by atoms with Crippen molar-refractivity contribution in [2.24, 2.45) is 0 Å². The third-order valence-corrected chi connectivity index (χ3v) is 8.32. The van der Waals surface area contributed by atoms with Crippen LogP contribution in [0.1, 0.15) is 21.5 Å². The molecule has 3 aromatic carbocycles. The van der Waals surface area contributed by atoms with Gasteiger partial charge in [-0.05, 0) is 60.0 Å². The number of carbonyl (C=O) groups excluding carboxylic acids is 1. The molecule has 1 amide bonds. The van der Waals surface area contributed by atoms with Crippen molar-refractivity contribution in [3.05, 3.63) is 89.2 Å². The molecule has 7 nitrogen and oxygen atoms in total. The van der Waals surface area contributed by atoms with Crippen molar-refractivity contribution in [1.29, 1.82) is 0 Å². The molecule has 1 saturated heterocycles. The molecule has 9 heteroatoms. The molecule has 0 spiro atoms. The minimum atomic E-state index is -4.03. The van der Waals surface area contributed by atoms with Crippen molar-refractivity contribution in [3.8, 4) is 0 Å². The second-order valence-electron chi connectivity index (χ2n) is 8.60. The molecule has 2 aliphatic heterocycles. The van der Waals surface area contributed by atoms with Gasteiger partial charge in [0.25, 0.3) is 5.91 Å². The first kappa shape index (κ1) is 23.5. The minimum Gasteiger partial charge on any atom is -0.379 e. The summed E-state index contributed by atoms with van der Waals surface area (Å²) in [4.78, 5) is 14.6. The van der Waals surface area contributed by atoms with Crippen LogP contribution in [0.25, 0.3) is 0 Å². The normalized spacial score (nSPS) is 16.5. The van der Waals surface area contributed by atoms with Gasteiger partial charge in [0, 0.05) is 43.1 Å². The van der Waals surface area contributed by atoms with Gasteiger partial charge in [0.2, 0.25) is 10.0 Å². The largest absolute Gasteiger partial charge is 0.379 e. The van der Waals surface area contributed by atoms with Crippen molar-refractivity contribution in [1.82, 2.24) is 4.31 Å². The fraction of sp³-hybridized carbons (Fsp3) is 0.269. The summed E-state index contributed by atoms with van der Waals surface area (Å²) in [6.45, 7) is 2.56. The maximum Gasteiger partial charge on any atom is 0.255 e. The first-order chi connectivity index (χ1) is 16.9. The van der Waals surface area contributed by atoms with Crippen molar-refractivity contribution < 1.29 is 22.3 Å². The van der Waals surface area contributed by atoms with Crippen molar-refractivity contribution in [3.63, 3.8) is 0 Å². The summed E-state index contributed by atoms with van der Waals surface area (Å²) >= 11 is 0. The maximum absolute atomic E-state index is 14.4. The summed E-state index contributed by atoms with van der Waals surface area (Å²) in [5, 5.41) is 2.69. The minimum absolute atomic E-state index is 0.160. The SMILES string of the molecule is O=C(Nc1ccc(F)c(S(=O)(=O)N2CCOCC2)c1)c1ccc(N2CCc3ccccc3C2)cc1. The van der Waals surface area contributed by atoms with E-state index in [1.807, 2.05) is 18.2 Å². The highest BCUT2D eigenvalue weighted by Gasteiger charge is 2.29. The number of sulfonamides is 1. The van der Waals surface area contributed by atoms with Gasteiger partial charge >= 0.3 is 0 Å². The summed E-state index contributed by atoms with van der Waals surface area (Å²) in [6, 6.07) is 19.3. The van der Waals surface area contributed by atoms with Gasteiger partial charge in [-0.25, -0.2) is 12.8 Å². The Kier molecular flexibility index (Phi) is 6.55. The van der Waals surface area contributed by atoms with Crippen LogP contribution in [0.15, 0.2) is 71.6 Å². The van der Waals surface area contributed by atoms with E-state index < -0.39 is 26.6 Å². The Bertz CT molecular complexity index is 1340. The highest BCUT2D eigenvalue weighted by molar-refractivity contribution is 7.89. The molecule has 1 fully saturated rings. The van der Waals surface area contributed by atoms with E-state index in [2.05, 4.69) is 28.4 Å². The Morgan fingerprint density at radius 1 is 0.914 bits per heavy atom. The van der Waals surface area contributed by atoms with Gasteiger partial charge in [-0.3, -0.25) is 4.79 Å². The Hall–Kier alpha value is -3.27. The number of anilines is 2. The lowest BCUT2D eigenvalue weighted by atomic mass is 9.99. The zero-order valence-electron chi connectivity index (χ0n) is 19.1. The van der Waals surface area contributed by atoms with Crippen LogP contribution in [-0.2, 0) is 27.7 Å². The number of rotatable bonds is 5. The molecule has 182 valence electrons. The number of benzene rings is 3. The van der Waals surface area contributed by atoms with Crippen molar-refractivity contribution in [2.45, 2.75) is 17.9 Å². The smallest absolute Gasteiger partial charge is 0.255 e. The average molecular weight is 496 g/mol. The van der Waals surface area contributed by atoms with E-state index in [0.717, 1.165) is 37.3 Å². The summed E-state index contributed by atoms with van der Waals surface area (Å²) in [5.41, 5.74) is 4.33. The summed E-state index contributed by atoms with van der Waals surface area (Å²) in [7, 11) is -4.03. The first-order valence-corrected chi connectivity index (χ1v) is 13.0. The molecule has 2 aliphatic rings. The van der Waals surface area contributed by atoms with Gasteiger partial charge in [-0.2, -0.15) is 4.31 Å². The van der Waals surface area contributed by atoms with E-state index in [1.54, 1.807) is 12.1 Å². The zero-order chi connectivity index (χ0) is 24.4. The van der Waals surface area contributed by atoms with E-state index in [4.69, 9.17) is 4.74 Å². The third-order valence-electron chi connectivity index (χ3n) is 6.40. The third kappa shape index (κ3) is 4.93. The van der Waals surface area contributed by atoms with Crippen LogP contribution in [0.2, 0.25) is 0 Å². The average Bonchev–Trinajstić information content (AvgIpc) is 2.90. The fourth-order valence-electron chi connectivity index (χ4n) is 4.45. The summed E-state index contributed by atoms with van der Waals surface area (Å²) in [6.07, 6.45) is 0.971. The van der Waals surface area contributed by atoms with Gasteiger partial charge in [0.05, 0.1) is 13.2 Å². The second-order valence-corrected chi connectivity index (χ2v) is 10.5. The molecule has 0 aliphatic carbocycles. The number of carbonyl (C=O) groups is 1. The van der Waals surface area contributed by atoms with Crippen molar-refractivity contribution >= 4 is 27.3 Å². The lowest BCUT2D eigenvalue weighted by molar-refractivity contribution is 0.0729. The highest BCUT2D eigenvalue weighted by Crippen LogP contribution is 2.26. The van der Waals surface area contributed by atoms with Crippen molar-refractivity contribution in [2.75, 3.05) is 43.1 Å². The molecule has 0 radical (unpaired) electrons. The van der Waals surface area contributed by atoms with Crippen LogP contribution in [0.3, 0.4) is 0 Å². The van der Waals surface area contributed by atoms with E-state index in [1.165, 1.54) is 21.5 Å². The molecule has 1 N–H and O–H groups in total. The summed E-state index contributed by atoms with van der Waals surface area (Å²) in [5.74, 6) is -1.26. The Morgan fingerprint density at radius 3 is 2.37 bits per heavy atom. The number of hydrogen-bond donors (Lipinski definition) is 1. The van der Waals surface area contributed by atoms with Gasteiger partial charge in [0.1, 0.15) is 10.7 Å². The van der Waals surface area contributed by atoms with Crippen LogP contribution in [0.4, 0.5) is 15.8 Å². The quantitative estimate of drug-likeness (QED) is 0.585. The van der Waals surface area contributed by atoms with E-state index in [9.17, 15) is 17.6 Å². The summed E-state index contributed by atoms with van der Waals surface area (Å²) < 4.78 is 46.6. The van der Waals surface area contributed by atoms with Crippen LogP contribution in [-0.4, -0.2) is 51.5 Å². The topological polar surface area (TPSA) is 79.0 Å². The molecular formula is C26H26FN3O4S. The number of halogens is 1. The number of hydrogen-bond acceptors (Lipinski definition) is 5. The first-order valence-electron chi connectivity index (χ1n) is 11.5. The Labute approximate surface area is 204 Å². The van der Waals surface area contributed by atoms with Gasteiger partial charge in [-0.15, -0.1) is 0 Å². The number of nitrogens with one attached hydrogen (secondary N) is 1. The van der Waals surface area contributed by atoms with Gasteiger partial charge in [0.15, 0.2) is 0 Å². The molecule has 3 aromatic rings. The van der Waals surface area contributed by atoms with E-state index in [0.29, 0.717) is 5.56 Å². The van der Waals surface area contributed by atoms with Crippen LogP contribution < -0.4 is 10.2 Å². The Morgan fingerprint density at radius 2 is 1.63 bits per heavy atom. The Balaban J connectivity index is 1.29. The number of nitrogens with zero attached hydrogens (tertiary/aromatic N) is 2. The van der Waals surface area contributed by atoms with Crippen LogP contribution in [0.5, 0.6) is 0 Å². The van der Waals surface area contributed by atoms with E-state index in [-0.39, 0.29) is 32.0 Å². The molecule has 0 saturated carbocycles. The molecule has 0 bridgehead atoms. The number of morpholine rings is 1. The second kappa shape index (κ2) is 9.77. The molecule has 35 heavy (non-hydrogen) atoms. The molecular weight excluding hydrogens is 469 g/mol. The van der Waals surface area contributed by atoms with Crippen LogP contribution >= 0.6 is 0 Å². The lowest BCUT2D eigenvalue weighted by Gasteiger charge is -2.30. The lowest BCUT2D eigenvalue weighted by Crippen LogP contribution is -2.40. The molecule has 2 heterocycles. The predicted octanol–water partition coefficient (Wildman–Crippen LogP) is 3.66. The van der Waals surface area contributed by atoms with Gasteiger partial charge in [-0.1, -0.05) is 24.3 Å². The number of ether oxygens (including phenoxy) is 1. The number of fused-ring (bicyclic) bond motifs is 1. The molecule has 0 unspecified atom stereocenters.